The maximum Gasteiger partial charge on any atom is 0.441 e. The Balaban J connectivity index is 2.09. The molecule has 0 spiro atoms. The maximum atomic E-state index is 14.4. The zero-order valence-corrected chi connectivity index (χ0v) is 18.7. The Labute approximate surface area is 191 Å². The number of nitriles is 1. The van der Waals surface area contributed by atoms with Gasteiger partial charge >= 0.3 is 17.8 Å². The zero-order chi connectivity index (χ0) is 23.7. The van der Waals surface area contributed by atoms with Gasteiger partial charge in [-0.25, -0.2) is 4.79 Å². The first-order valence-electron chi connectivity index (χ1n) is 9.58. The van der Waals surface area contributed by atoms with Crippen LogP contribution in [-0.2, 0) is 22.4 Å². The lowest BCUT2D eigenvalue weighted by atomic mass is 9.88. The predicted octanol–water partition coefficient (Wildman–Crippen LogP) is 4.67. The van der Waals surface area contributed by atoms with Gasteiger partial charge < -0.3 is 15.4 Å². The Morgan fingerprint density at radius 3 is 2.66 bits per heavy atom. The maximum absolute atomic E-state index is 14.4. The molecule has 0 saturated carbocycles. The number of carbonyl (C=O) groups is 2. The topological polar surface area (TPSA) is 91.2 Å². The first-order chi connectivity index (χ1) is 15.0. The number of thiophene rings is 1. The molecule has 0 bridgehead atoms. The molecule has 32 heavy (non-hydrogen) atoms. The molecule has 11 heteroatoms. The Morgan fingerprint density at radius 2 is 2.06 bits per heavy atom. The van der Waals surface area contributed by atoms with Gasteiger partial charge in [-0.1, -0.05) is 24.6 Å². The van der Waals surface area contributed by atoms with E-state index in [9.17, 15) is 28.0 Å². The Kier molecular flexibility index (Phi) is 6.72. The van der Waals surface area contributed by atoms with Gasteiger partial charge in [0.15, 0.2) is 0 Å². The largest absolute Gasteiger partial charge is 0.466 e. The summed E-state index contributed by atoms with van der Waals surface area (Å²) in [5, 5.41) is 13.5. The Hall–Kier alpha value is -2.77. The van der Waals surface area contributed by atoms with Crippen molar-refractivity contribution in [2.45, 2.75) is 38.0 Å². The van der Waals surface area contributed by atoms with Crippen molar-refractivity contribution < 1.29 is 27.5 Å². The molecule has 0 unspecified atom stereocenters. The minimum atomic E-state index is -5.31. The molecule has 0 fully saturated rings. The summed E-state index contributed by atoms with van der Waals surface area (Å²) in [5.41, 5.74) is -3.10. The second kappa shape index (κ2) is 9.00. The molecule has 170 valence electrons. The van der Waals surface area contributed by atoms with Crippen LogP contribution >= 0.6 is 22.9 Å². The Morgan fingerprint density at radius 1 is 1.34 bits per heavy atom. The number of halogens is 4. The van der Waals surface area contributed by atoms with Crippen LogP contribution in [0.15, 0.2) is 24.3 Å². The van der Waals surface area contributed by atoms with Gasteiger partial charge in [0, 0.05) is 15.5 Å². The van der Waals surface area contributed by atoms with Crippen LogP contribution in [0.5, 0.6) is 0 Å². The van der Waals surface area contributed by atoms with E-state index in [2.05, 4.69) is 10.1 Å². The minimum Gasteiger partial charge on any atom is -0.466 e. The van der Waals surface area contributed by atoms with E-state index in [-0.39, 0.29) is 21.2 Å². The van der Waals surface area contributed by atoms with E-state index in [4.69, 9.17) is 11.6 Å². The van der Waals surface area contributed by atoms with E-state index < -0.39 is 23.7 Å². The number of anilines is 1. The van der Waals surface area contributed by atoms with Crippen molar-refractivity contribution in [3.8, 4) is 6.07 Å². The highest BCUT2D eigenvalue weighted by Gasteiger charge is 2.64. The third-order valence-electron chi connectivity index (χ3n) is 5.23. The lowest BCUT2D eigenvalue weighted by Gasteiger charge is -2.34. The molecular formula is C21H19ClF3N3O3S. The molecule has 1 aromatic heterocycles. The molecule has 2 N–H and O–H groups in total. The van der Waals surface area contributed by atoms with Gasteiger partial charge in [-0.3, -0.25) is 4.79 Å². The number of hydrogen-bond donors (Lipinski definition) is 2. The monoisotopic (exact) mass is 485 g/mol. The van der Waals surface area contributed by atoms with Crippen molar-refractivity contribution in [1.82, 2.24) is 5.32 Å². The van der Waals surface area contributed by atoms with Crippen LogP contribution in [0, 0.1) is 17.2 Å². The fraction of sp³-hybridized carbons (Fsp3) is 0.381. The van der Waals surface area contributed by atoms with E-state index in [1.54, 1.807) is 5.32 Å². The molecule has 1 aliphatic carbocycles. The summed E-state index contributed by atoms with van der Waals surface area (Å²) in [7, 11) is 0.780. The molecule has 3 rings (SSSR count). The molecule has 6 nitrogen and oxygen atoms in total. The number of methoxy groups -OCH3 is 1. The molecule has 1 amide bonds. The number of alkyl halides is 3. The second-order valence-corrected chi connectivity index (χ2v) is 9.04. The molecule has 1 aliphatic rings. The highest BCUT2D eigenvalue weighted by molar-refractivity contribution is 7.16. The lowest BCUT2D eigenvalue weighted by Crippen LogP contribution is -2.69. The molecule has 0 aliphatic heterocycles. The summed E-state index contributed by atoms with van der Waals surface area (Å²) in [5.74, 6) is -2.66. The third-order valence-corrected chi connectivity index (χ3v) is 6.63. The first kappa shape index (κ1) is 23.9. The average molecular weight is 486 g/mol. The normalized spacial score (nSPS) is 17.5. The van der Waals surface area contributed by atoms with E-state index >= 15 is 0 Å². The molecule has 2 aromatic rings. The van der Waals surface area contributed by atoms with Gasteiger partial charge in [0.05, 0.1) is 12.7 Å². The molecule has 0 saturated heterocycles. The van der Waals surface area contributed by atoms with Gasteiger partial charge in [0.2, 0.25) is 0 Å². The second-order valence-electron chi connectivity index (χ2n) is 7.50. The van der Waals surface area contributed by atoms with Crippen molar-refractivity contribution in [3.05, 3.63) is 50.9 Å². The zero-order valence-electron chi connectivity index (χ0n) is 17.1. The summed E-state index contributed by atoms with van der Waals surface area (Å²) < 4.78 is 47.5. The summed E-state index contributed by atoms with van der Waals surface area (Å²) in [6.45, 7) is 2.02. The quantitative estimate of drug-likeness (QED) is 0.474. The summed E-state index contributed by atoms with van der Waals surface area (Å²) >= 11 is 6.81. The van der Waals surface area contributed by atoms with Gasteiger partial charge in [0.1, 0.15) is 11.1 Å². The van der Waals surface area contributed by atoms with Crippen LogP contribution in [0.2, 0.25) is 5.02 Å². The smallest absolute Gasteiger partial charge is 0.441 e. The first-order valence-corrected chi connectivity index (χ1v) is 10.8. The molecule has 2 atom stereocenters. The van der Waals surface area contributed by atoms with Crippen LogP contribution in [0.4, 0.5) is 18.2 Å². The summed E-state index contributed by atoms with van der Waals surface area (Å²) in [4.78, 5) is 26.0. The number of carbonyl (C=O) groups excluding carboxylic acids is 2. The lowest BCUT2D eigenvalue weighted by molar-refractivity contribution is -0.203. The summed E-state index contributed by atoms with van der Waals surface area (Å²) in [6, 6.07) is 7.20. The Bertz CT molecular complexity index is 1100. The number of fused-ring (bicyclic) bond motifs is 1. The van der Waals surface area contributed by atoms with E-state index in [0.717, 1.165) is 29.7 Å². The van der Waals surface area contributed by atoms with Crippen molar-refractivity contribution in [2.24, 2.45) is 5.92 Å². The number of nitrogens with zero attached hydrogens (tertiary/aromatic N) is 1. The molecule has 1 aromatic carbocycles. The average Bonchev–Trinajstić information content (AvgIpc) is 3.07. The fourth-order valence-corrected chi connectivity index (χ4v) is 5.15. The van der Waals surface area contributed by atoms with Crippen LogP contribution in [0.1, 0.15) is 39.7 Å². The summed E-state index contributed by atoms with van der Waals surface area (Å²) in [6.07, 6.45) is -3.35. The van der Waals surface area contributed by atoms with Gasteiger partial charge in [-0.2, -0.15) is 18.4 Å². The van der Waals surface area contributed by atoms with Crippen LogP contribution in [0.25, 0.3) is 0 Å². The number of ether oxygens (including phenoxy) is 1. The van der Waals surface area contributed by atoms with Crippen LogP contribution in [0.3, 0.4) is 0 Å². The van der Waals surface area contributed by atoms with Gasteiger partial charge in [-0.05, 0) is 48.9 Å². The third kappa shape index (κ3) is 4.40. The van der Waals surface area contributed by atoms with Gasteiger partial charge in [-0.15, -0.1) is 11.3 Å². The van der Waals surface area contributed by atoms with Crippen molar-refractivity contribution in [1.29, 1.82) is 5.26 Å². The van der Waals surface area contributed by atoms with E-state index in [1.165, 1.54) is 24.3 Å². The van der Waals surface area contributed by atoms with E-state index in [0.29, 0.717) is 24.3 Å². The molecular weight excluding hydrogens is 467 g/mol. The molecule has 1 heterocycles. The standard InChI is InChI=1S/C21H19ClF3N3O3S/c1-11-6-7-14-15(10-26)18(32-16(14)8-11)28-20(19(30)31-2,21(23,24)25)27-17(29)12-4-3-5-13(22)9-12/h3-5,9,11,28H,6-8H2,1-2H3,(H,27,29)/t11-,20-/m1/s1. The van der Waals surface area contributed by atoms with Crippen LogP contribution in [-0.4, -0.2) is 30.8 Å². The highest BCUT2D eigenvalue weighted by atomic mass is 35.5. The number of esters is 1. The number of benzene rings is 1. The predicted molar refractivity (Wildman–Crippen MR) is 114 cm³/mol. The number of amides is 1. The number of hydrogen-bond acceptors (Lipinski definition) is 6. The van der Waals surface area contributed by atoms with E-state index in [1.807, 2.05) is 13.0 Å². The van der Waals surface area contributed by atoms with Crippen molar-refractivity contribution in [3.63, 3.8) is 0 Å². The van der Waals surface area contributed by atoms with Crippen molar-refractivity contribution >= 4 is 39.8 Å². The van der Waals surface area contributed by atoms with Crippen molar-refractivity contribution in [2.75, 3.05) is 12.4 Å². The fourth-order valence-electron chi connectivity index (χ4n) is 3.54. The minimum absolute atomic E-state index is 0.0337. The highest BCUT2D eigenvalue weighted by Crippen LogP contribution is 2.42. The molecule has 0 radical (unpaired) electrons. The van der Waals surface area contributed by atoms with Gasteiger partial charge in [0.25, 0.3) is 5.91 Å². The SMILES string of the molecule is COC(=O)[C@@](NC(=O)c1cccc(Cl)c1)(Nc1sc2c(c1C#N)CC[C@@H](C)C2)C(F)(F)F. The number of nitrogens with one attached hydrogen (secondary N) is 2. The number of rotatable bonds is 5. The van der Waals surface area contributed by atoms with Crippen LogP contribution < -0.4 is 10.6 Å².